The number of ketones is 1. The lowest BCUT2D eigenvalue weighted by Crippen LogP contribution is -2.28. The Labute approximate surface area is 121 Å². The molecule has 110 valence electrons. The van der Waals surface area contributed by atoms with Crippen LogP contribution in [0.3, 0.4) is 0 Å². The smallest absolute Gasteiger partial charge is 0.357 e. The number of nitrogens with zero attached hydrogens (tertiary/aromatic N) is 1. The Bertz CT molecular complexity index is 610. The summed E-state index contributed by atoms with van der Waals surface area (Å²) in [4.78, 5) is 39.5. The van der Waals surface area contributed by atoms with Gasteiger partial charge in [0.1, 0.15) is 0 Å². The predicted octanol–water partition coefficient (Wildman–Crippen LogP) is 1.13. The average Bonchev–Trinajstić information content (AvgIpc) is 2.47. The maximum absolute atomic E-state index is 12.1. The topological polar surface area (TPSA) is 82.0 Å². The molecule has 0 aromatic carbocycles. The first-order chi connectivity index (χ1) is 10.1. The zero-order valence-electron chi connectivity index (χ0n) is 11.8. The average molecular weight is 289 g/mol. The Morgan fingerprint density at radius 1 is 1.14 bits per heavy atom. The van der Waals surface area contributed by atoms with Gasteiger partial charge in [0.15, 0.2) is 11.5 Å². The van der Waals surface area contributed by atoms with Crippen LogP contribution in [0.2, 0.25) is 0 Å². The monoisotopic (exact) mass is 289 g/mol. The van der Waals surface area contributed by atoms with Crippen molar-refractivity contribution in [1.82, 2.24) is 0 Å². The fraction of sp³-hybridized carbons (Fsp3) is 0.333. The van der Waals surface area contributed by atoms with Crippen LogP contribution in [0.25, 0.3) is 0 Å². The second-order valence-corrected chi connectivity index (χ2v) is 4.34. The summed E-state index contributed by atoms with van der Waals surface area (Å²) in [6.07, 6.45) is 5.71. The van der Waals surface area contributed by atoms with Gasteiger partial charge in [0, 0.05) is 6.08 Å². The van der Waals surface area contributed by atoms with E-state index in [1.807, 2.05) is 0 Å². The van der Waals surface area contributed by atoms with Crippen LogP contribution in [0.1, 0.15) is 13.8 Å². The molecule has 0 amide bonds. The van der Waals surface area contributed by atoms with Gasteiger partial charge in [-0.1, -0.05) is 6.08 Å². The van der Waals surface area contributed by atoms with Gasteiger partial charge in [0.05, 0.1) is 30.4 Å². The Balaban J connectivity index is 2.23. The normalized spacial score (nSPS) is 20.0. The minimum Gasteiger partial charge on any atom is -0.462 e. The van der Waals surface area contributed by atoms with Crippen LogP contribution in [0.4, 0.5) is 0 Å². The molecule has 1 aliphatic carbocycles. The third kappa shape index (κ3) is 3.16. The van der Waals surface area contributed by atoms with Crippen molar-refractivity contribution in [3.05, 3.63) is 35.6 Å². The van der Waals surface area contributed by atoms with E-state index in [4.69, 9.17) is 9.47 Å². The molecule has 0 aromatic heterocycles. The molecular weight excluding hydrogens is 274 g/mol. The van der Waals surface area contributed by atoms with Gasteiger partial charge in [-0.25, -0.2) is 14.6 Å². The summed E-state index contributed by atoms with van der Waals surface area (Å²) in [7, 11) is 0. The Morgan fingerprint density at radius 2 is 1.81 bits per heavy atom. The molecule has 0 spiro atoms. The van der Waals surface area contributed by atoms with Crippen molar-refractivity contribution >= 4 is 23.4 Å². The number of hydrogen-bond donors (Lipinski definition) is 0. The summed E-state index contributed by atoms with van der Waals surface area (Å²) in [6.45, 7) is 3.85. The molecule has 0 radical (unpaired) electrons. The van der Waals surface area contributed by atoms with E-state index in [1.165, 1.54) is 12.2 Å². The van der Waals surface area contributed by atoms with Crippen molar-refractivity contribution in [3.8, 4) is 0 Å². The second-order valence-electron chi connectivity index (χ2n) is 4.34. The molecular formula is C15H15NO5. The molecule has 0 N–H and O–H groups in total. The van der Waals surface area contributed by atoms with E-state index in [0.29, 0.717) is 11.3 Å². The van der Waals surface area contributed by atoms with Crippen LogP contribution in [-0.4, -0.2) is 36.6 Å². The number of aliphatic imine (C=N–C) groups is 1. The maximum Gasteiger partial charge on any atom is 0.357 e. The molecule has 2 aliphatic rings. The number of fused-ring (bicyclic) bond motifs is 1. The number of allylic oxidation sites excluding steroid dienone is 3. The summed E-state index contributed by atoms with van der Waals surface area (Å²) in [5, 5.41) is 0. The SMILES string of the molecule is CCOC(=O)C1=CC2C(=O)C=C(C(=O)OCC)N=C2C=C1. The second kappa shape index (κ2) is 6.30. The van der Waals surface area contributed by atoms with Crippen LogP contribution in [-0.2, 0) is 23.9 Å². The number of ether oxygens (including phenoxy) is 2. The van der Waals surface area contributed by atoms with Crippen molar-refractivity contribution < 1.29 is 23.9 Å². The first-order valence-electron chi connectivity index (χ1n) is 6.65. The van der Waals surface area contributed by atoms with Crippen molar-refractivity contribution in [2.75, 3.05) is 13.2 Å². The standard InChI is InChI=1S/C15H15NO5/c1-3-20-14(18)9-5-6-11-10(7-9)13(17)8-12(16-11)15(19)21-4-2/h5-8,10H,3-4H2,1-2H3. The van der Waals surface area contributed by atoms with E-state index >= 15 is 0 Å². The van der Waals surface area contributed by atoms with Gasteiger partial charge in [-0.05, 0) is 26.0 Å². The zero-order valence-corrected chi connectivity index (χ0v) is 11.8. The minimum atomic E-state index is -0.660. The summed E-state index contributed by atoms with van der Waals surface area (Å²) >= 11 is 0. The van der Waals surface area contributed by atoms with Crippen molar-refractivity contribution in [1.29, 1.82) is 0 Å². The highest BCUT2D eigenvalue weighted by atomic mass is 16.5. The fourth-order valence-corrected chi connectivity index (χ4v) is 1.99. The third-order valence-corrected chi connectivity index (χ3v) is 2.93. The highest BCUT2D eigenvalue weighted by Gasteiger charge is 2.30. The number of rotatable bonds is 4. The van der Waals surface area contributed by atoms with Crippen LogP contribution in [0, 0.1) is 5.92 Å². The molecule has 0 saturated carbocycles. The van der Waals surface area contributed by atoms with E-state index < -0.39 is 17.9 Å². The molecule has 0 fully saturated rings. The van der Waals surface area contributed by atoms with Crippen molar-refractivity contribution in [2.45, 2.75) is 13.8 Å². The van der Waals surface area contributed by atoms with Crippen LogP contribution in [0.5, 0.6) is 0 Å². The lowest BCUT2D eigenvalue weighted by molar-refractivity contribution is -0.139. The van der Waals surface area contributed by atoms with Crippen molar-refractivity contribution in [3.63, 3.8) is 0 Å². The summed E-state index contributed by atoms with van der Waals surface area (Å²) in [5.74, 6) is -2.09. The van der Waals surface area contributed by atoms with Crippen LogP contribution < -0.4 is 0 Å². The minimum absolute atomic E-state index is 0.0225. The first-order valence-corrected chi connectivity index (χ1v) is 6.65. The summed E-state index contributed by atoms with van der Waals surface area (Å²) in [6, 6.07) is 0. The van der Waals surface area contributed by atoms with Gasteiger partial charge in [0.25, 0.3) is 0 Å². The van der Waals surface area contributed by atoms with E-state index in [9.17, 15) is 14.4 Å². The molecule has 1 heterocycles. The molecule has 6 nitrogen and oxygen atoms in total. The van der Waals surface area contributed by atoms with E-state index in [2.05, 4.69) is 4.99 Å². The molecule has 0 bridgehead atoms. The van der Waals surface area contributed by atoms with Gasteiger partial charge in [-0.2, -0.15) is 0 Å². The Morgan fingerprint density at radius 3 is 2.48 bits per heavy atom. The summed E-state index contributed by atoms with van der Waals surface area (Å²) < 4.78 is 9.71. The van der Waals surface area contributed by atoms with Gasteiger partial charge in [-0.3, -0.25) is 4.79 Å². The highest BCUT2D eigenvalue weighted by Crippen LogP contribution is 2.23. The van der Waals surface area contributed by atoms with E-state index in [-0.39, 0.29) is 24.7 Å². The first kappa shape index (κ1) is 14.9. The molecule has 21 heavy (non-hydrogen) atoms. The van der Waals surface area contributed by atoms with Crippen LogP contribution >= 0.6 is 0 Å². The molecule has 6 heteroatoms. The number of carbonyl (C=O) groups excluding carboxylic acids is 3. The van der Waals surface area contributed by atoms with Crippen LogP contribution in [0.15, 0.2) is 40.6 Å². The largest absolute Gasteiger partial charge is 0.462 e. The number of esters is 2. The lowest BCUT2D eigenvalue weighted by Gasteiger charge is -2.20. The molecule has 0 aromatic rings. The summed E-state index contributed by atoms with van der Waals surface area (Å²) in [5.41, 5.74) is 0.700. The Kier molecular flexibility index (Phi) is 4.47. The van der Waals surface area contributed by atoms with Gasteiger partial charge >= 0.3 is 11.9 Å². The predicted molar refractivity (Wildman–Crippen MR) is 74.5 cm³/mol. The molecule has 0 saturated heterocycles. The molecule has 1 unspecified atom stereocenters. The molecule has 1 atom stereocenters. The van der Waals surface area contributed by atoms with Crippen molar-refractivity contribution in [2.24, 2.45) is 10.9 Å². The number of hydrogen-bond acceptors (Lipinski definition) is 6. The quantitative estimate of drug-likeness (QED) is 0.725. The van der Waals surface area contributed by atoms with E-state index in [1.54, 1.807) is 19.9 Å². The van der Waals surface area contributed by atoms with E-state index in [0.717, 1.165) is 6.08 Å². The number of carbonyl (C=O) groups is 3. The maximum atomic E-state index is 12.1. The zero-order chi connectivity index (χ0) is 15.4. The highest BCUT2D eigenvalue weighted by molar-refractivity contribution is 6.22. The third-order valence-electron chi connectivity index (χ3n) is 2.93. The molecule has 2 rings (SSSR count). The fourth-order valence-electron chi connectivity index (χ4n) is 1.99. The molecule has 1 aliphatic heterocycles. The lowest BCUT2D eigenvalue weighted by atomic mass is 9.88. The Hall–Kier alpha value is -2.50. The van der Waals surface area contributed by atoms with Gasteiger partial charge in [0.2, 0.25) is 0 Å². The van der Waals surface area contributed by atoms with Gasteiger partial charge < -0.3 is 9.47 Å². The van der Waals surface area contributed by atoms with Gasteiger partial charge in [-0.15, -0.1) is 0 Å².